The van der Waals surface area contributed by atoms with E-state index in [1.165, 1.54) is 6.07 Å². The monoisotopic (exact) mass is 496 g/mol. The van der Waals surface area contributed by atoms with Crippen LogP contribution in [-0.4, -0.2) is 78.9 Å². The molecule has 0 amide bonds. The van der Waals surface area contributed by atoms with E-state index in [9.17, 15) is 29.1 Å². The molecule has 1 unspecified atom stereocenters. The van der Waals surface area contributed by atoms with Crippen LogP contribution in [0.15, 0.2) is 24.3 Å². The maximum absolute atomic E-state index is 13.0. The zero-order valence-electron chi connectivity index (χ0n) is 19.8. The summed E-state index contributed by atoms with van der Waals surface area (Å²) in [5, 5.41) is 9.28. The number of hydrogen-bond acceptors (Lipinski definition) is 12. The van der Waals surface area contributed by atoms with Crippen molar-refractivity contribution in [1.29, 1.82) is 0 Å². The van der Waals surface area contributed by atoms with Crippen LogP contribution in [0.5, 0.6) is 0 Å². The van der Waals surface area contributed by atoms with E-state index in [1.54, 1.807) is 18.2 Å². The maximum Gasteiger partial charge on any atom is 0.340 e. The van der Waals surface area contributed by atoms with Gasteiger partial charge in [-0.25, -0.2) is 4.79 Å². The maximum atomic E-state index is 13.0. The molecule has 1 aliphatic rings. The van der Waals surface area contributed by atoms with Crippen LogP contribution in [0.4, 0.5) is 0 Å². The van der Waals surface area contributed by atoms with Crippen LogP contribution in [0, 0.1) is 0 Å². The van der Waals surface area contributed by atoms with Gasteiger partial charge in [0.05, 0.1) is 5.56 Å². The lowest BCUT2D eigenvalue weighted by molar-refractivity contribution is -0.294. The van der Waals surface area contributed by atoms with E-state index in [2.05, 4.69) is 0 Å². The third kappa shape index (κ3) is 8.04. The van der Waals surface area contributed by atoms with Crippen LogP contribution < -0.4 is 0 Å². The first-order chi connectivity index (χ1) is 16.5. The number of aliphatic hydroxyl groups is 1. The molecular weight excluding hydrogens is 468 g/mol. The molecule has 1 aliphatic heterocycles. The molecule has 0 saturated carbocycles. The average Bonchev–Trinajstić information content (AvgIpc) is 2.76. The summed E-state index contributed by atoms with van der Waals surface area (Å²) >= 11 is 0. The highest BCUT2D eigenvalue weighted by atomic mass is 16.7. The Morgan fingerprint density at radius 2 is 1.37 bits per heavy atom. The Balaban J connectivity index is 2.46. The van der Waals surface area contributed by atoms with Gasteiger partial charge in [0.1, 0.15) is 12.7 Å². The van der Waals surface area contributed by atoms with Crippen molar-refractivity contribution in [2.75, 3.05) is 13.2 Å². The second-order valence-corrected chi connectivity index (χ2v) is 7.60. The van der Waals surface area contributed by atoms with Crippen LogP contribution in [0.1, 0.15) is 43.6 Å². The Morgan fingerprint density at radius 1 is 0.800 bits per heavy atom. The molecule has 1 heterocycles. The zero-order chi connectivity index (χ0) is 26.1. The van der Waals surface area contributed by atoms with Gasteiger partial charge < -0.3 is 33.5 Å². The predicted molar refractivity (Wildman–Crippen MR) is 115 cm³/mol. The van der Waals surface area contributed by atoms with Gasteiger partial charge in [0, 0.05) is 34.3 Å². The molecular formula is C23H28O12. The number of carbonyl (C=O) groups excluding carboxylic acids is 5. The Bertz CT molecular complexity index is 942. The number of ether oxygens (including phenoxy) is 6. The summed E-state index contributed by atoms with van der Waals surface area (Å²) in [7, 11) is 0. The molecule has 2 rings (SSSR count). The molecule has 0 bridgehead atoms. The molecule has 0 spiro atoms. The Labute approximate surface area is 201 Å². The third-order valence-corrected chi connectivity index (χ3v) is 4.79. The molecule has 5 atom stereocenters. The van der Waals surface area contributed by atoms with Crippen molar-refractivity contribution in [1.82, 2.24) is 0 Å². The SMILES string of the molecule is CC(=O)OC[C@H]1OC(OC(=O)c2ccccc2CCO)[C@H](OC(C)=O)[C@@H](OC(C)=O)[C@@H]1OC(C)=O. The standard InChI is InChI=1S/C23H28O12/c1-12(25)30-11-18-19(31-13(2)26)20(32-14(3)27)21(33-15(4)28)23(34-18)35-22(29)17-8-6-5-7-16(17)9-10-24/h5-8,18-21,23-24H,9-11H2,1-4H3/t18-,19-,20+,21-,23?/m1/s1. The van der Waals surface area contributed by atoms with E-state index < -0.39 is 67.2 Å². The van der Waals surface area contributed by atoms with Gasteiger partial charge in [-0.2, -0.15) is 0 Å². The minimum atomic E-state index is -1.63. The van der Waals surface area contributed by atoms with Gasteiger partial charge in [0.25, 0.3) is 0 Å². The predicted octanol–water partition coefficient (Wildman–Crippen LogP) is 0.461. The summed E-state index contributed by atoms with van der Waals surface area (Å²) in [6, 6.07) is 6.36. The number of esters is 5. The fraction of sp³-hybridized carbons (Fsp3) is 0.522. The summed E-state index contributed by atoms with van der Waals surface area (Å²) in [6.07, 6.45) is -7.06. The van der Waals surface area contributed by atoms with Gasteiger partial charge in [0.2, 0.25) is 12.4 Å². The lowest BCUT2D eigenvalue weighted by Gasteiger charge is -2.43. The molecule has 1 aromatic carbocycles. The van der Waals surface area contributed by atoms with Gasteiger partial charge in [0.15, 0.2) is 12.2 Å². The highest BCUT2D eigenvalue weighted by molar-refractivity contribution is 5.91. The quantitative estimate of drug-likeness (QED) is 0.372. The minimum Gasteiger partial charge on any atom is -0.463 e. The topological polar surface area (TPSA) is 161 Å². The van der Waals surface area contributed by atoms with Crippen LogP contribution >= 0.6 is 0 Å². The lowest BCUT2D eigenvalue weighted by Crippen LogP contribution is -2.63. The van der Waals surface area contributed by atoms with Gasteiger partial charge in [-0.05, 0) is 18.1 Å². The Kier molecular flexibility index (Phi) is 10.2. The zero-order valence-corrected chi connectivity index (χ0v) is 19.8. The second-order valence-electron chi connectivity index (χ2n) is 7.60. The van der Waals surface area contributed by atoms with Crippen LogP contribution in [-0.2, 0) is 54.0 Å². The summed E-state index contributed by atoms with van der Waals surface area (Å²) in [4.78, 5) is 59.8. The van der Waals surface area contributed by atoms with Crippen molar-refractivity contribution in [2.24, 2.45) is 0 Å². The first-order valence-corrected chi connectivity index (χ1v) is 10.7. The van der Waals surface area contributed by atoms with E-state index in [0.717, 1.165) is 27.7 Å². The summed E-state index contributed by atoms with van der Waals surface area (Å²) < 4.78 is 32.0. The van der Waals surface area contributed by atoms with Crippen molar-refractivity contribution in [3.05, 3.63) is 35.4 Å². The number of aliphatic hydroxyl groups excluding tert-OH is 1. The van der Waals surface area contributed by atoms with Gasteiger partial charge in [-0.1, -0.05) is 18.2 Å². The van der Waals surface area contributed by atoms with Crippen LogP contribution in [0.25, 0.3) is 0 Å². The van der Waals surface area contributed by atoms with E-state index in [0.29, 0.717) is 5.56 Å². The summed E-state index contributed by atoms with van der Waals surface area (Å²) in [5.74, 6) is -3.96. The minimum absolute atomic E-state index is 0.120. The van der Waals surface area contributed by atoms with Crippen molar-refractivity contribution < 1.29 is 57.5 Å². The van der Waals surface area contributed by atoms with Crippen molar-refractivity contribution in [3.63, 3.8) is 0 Å². The smallest absolute Gasteiger partial charge is 0.340 e. The fourth-order valence-corrected chi connectivity index (χ4v) is 3.51. The molecule has 1 fully saturated rings. The van der Waals surface area contributed by atoms with E-state index >= 15 is 0 Å². The fourth-order valence-electron chi connectivity index (χ4n) is 3.51. The van der Waals surface area contributed by atoms with Crippen molar-refractivity contribution >= 4 is 29.8 Å². The van der Waals surface area contributed by atoms with Crippen LogP contribution in [0.3, 0.4) is 0 Å². The van der Waals surface area contributed by atoms with Crippen molar-refractivity contribution in [3.8, 4) is 0 Å². The second kappa shape index (κ2) is 12.8. The molecule has 1 saturated heterocycles. The first kappa shape index (κ1) is 27.7. The number of carbonyl (C=O) groups is 5. The molecule has 192 valence electrons. The molecule has 35 heavy (non-hydrogen) atoms. The van der Waals surface area contributed by atoms with Gasteiger partial charge >= 0.3 is 29.8 Å². The summed E-state index contributed by atoms with van der Waals surface area (Å²) in [5.41, 5.74) is 0.611. The Hall–Kier alpha value is -3.51. The highest BCUT2D eigenvalue weighted by Crippen LogP contribution is 2.30. The molecule has 12 heteroatoms. The van der Waals surface area contributed by atoms with Crippen LogP contribution in [0.2, 0.25) is 0 Å². The van der Waals surface area contributed by atoms with Crippen molar-refractivity contribution in [2.45, 2.75) is 64.8 Å². The normalized spacial score (nSPS) is 23.5. The van der Waals surface area contributed by atoms with Gasteiger partial charge in [-0.3, -0.25) is 19.2 Å². The highest BCUT2D eigenvalue weighted by Gasteiger charge is 2.53. The third-order valence-electron chi connectivity index (χ3n) is 4.79. The molecule has 0 aliphatic carbocycles. The molecule has 1 aromatic rings. The average molecular weight is 496 g/mol. The van der Waals surface area contributed by atoms with E-state index in [-0.39, 0.29) is 18.6 Å². The number of benzene rings is 1. The van der Waals surface area contributed by atoms with E-state index in [1.807, 2.05) is 0 Å². The molecule has 0 aromatic heterocycles. The largest absolute Gasteiger partial charge is 0.463 e. The van der Waals surface area contributed by atoms with Gasteiger partial charge in [-0.15, -0.1) is 0 Å². The van der Waals surface area contributed by atoms with E-state index in [4.69, 9.17) is 28.4 Å². The number of hydrogen-bond donors (Lipinski definition) is 1. The molecule has 1 N–H and O–H groups in total. The first-order valence-electron chi connectivity index (χ1n) is 10.7. The summed E-state index contributed by atoms with van der Waals surface area (Å²) in [6.45, 7) is 3.73. The molecule has 12 nitrogen and oxygen atoms in total. The Morgan fingerprint density at radius 3 is 1.94 bits per heavy atom. The number of rotatable bonds is 9. The molecule has 0 radical (unpaired) electrons. The lowest BCUT2D eigenvalue weighted by atomic mass is 9.98.